The van der Waals surface area contributed by atoms with E-state index in [4.69, 9.17) is 4.42 Å². The SMILES string of the molecule is O=C(NCC(c1ccco1)N1CCCCC1)c1cccc(I)c1. The normalized spacial score (nSPS) is 16.9. The third-order valence-corrected chi connectivity index (χ3v) is 4.92. The monoisotopic (exact) mass is 424 g/mol. The molecule has 1 N–H and O–H groups in total. The summed E-state index contributed by atoms with van der Waals surface area (Å²) < 4.78 is 6.68. The minimum absolute atomic E-state index is 0.0305. The van der Waals surface area contributed by atoms with Crippen molar-refractivity contribution < 1.29 is 9.21 Å². The summed E-state index contributed by atoms with van der Waals surface area (Å²) in [4.78, 5) is 14.8. The molecule has 0 saturated carbocycles. The summed E-state index contributed by atoms with van der Waals surface area (Å²) in [6, 6.07) is 11.7. The zero-order chi connectivity index (χ0) is 16.1. The van der Waals surface area contributed by atoms with Crippen LogP contribution < -0.4 is 5.32 Å². The van der Waals surface area contributed by atoms with Crippen LogP contribution in [-0.2, 0) is 0 Å². The predicted octanol–water partition coefficient (Wildman–Crippen LogP) is 3.84. The Morgan fingerprint density at radius 3 is 2.74 bits per heavy atom. The summed E-state index contributed by atoms with van der Waals surface area (Å²) >= 11 is 2.22. The molecule has 1 aliphatic heterocycles. The first-order valence-corrected chi connectivity index (χ1v) is 9.13. The number of halogens is 1. The molecule has 2 aromatic rings. The Hall–Kier alpha value is -1.34. The van der Waals surface area contributed by atoms with Gasteiger partial charge in [-0.15, -0.1) is 0 Å². The zero-order valence-corrected chi connectivity index (χ0v) is 15.2. The topological polar surface area (TPSA) is 45.5 Å². The quantitative estimate of drug-likeness (QED) is 0.743. The van der Waals surface area contributed by atoms with E-state index in [1.165, 1.54) is 19.3 Å². The number of nitrogens with one attached hydrogen (secondary N) is 1. The van der Waals surface area contributed by atoms with Crippen LogP contribution in [-0.4, -0.2) is 30.4 Å². The second-order valence-electron chi connectivity index (χ2n) is 5.85. The Morgan fingerprint density at radius 2 is 2.04 bits per heavy atom. The van der Waals surface area contributed by atoms with Crippen LogP contribution in [0, 0.1) is 3.57 Å². The molecule has 1 saturated heterocycles. The van der Waals surface area contributed by atoms with Gasteiger partial charge < -0.3 is 9.73 Å². The molecule has 2 heterocycles. The van der Waals surface area contributed by atoms with E-state index >= 15 is 0 Å². The van der Waals surface area contributed by atoms with Crippen LogP contribution in [0.1, 0.15) is 41.4 Å². The highest BCUT2D eigenvalue weighted by molar-refractivity contribution is 14.1. The summed E-state index contributed by atoms with van der Waals surface area (Å²) in [5, 5.41) is 3.07. The molecule has 4 nitrogen and oxygen atoms in total. The van der Waals surface area contributed by atoms with Crippen molar-refractivity contribution in [2.45, 2.75) is 25.3 Å². The third-order valence-electron chi connectivity index (χ3n) is 4.25. The van der Waals surface area contributed by atoms with Crippen LogP contribution in [0.4, 0.5) is 0 Å². The first kappa shape index (κ1) is 16.5. The van der Waals surface area contributed by atoms with Crippen LogP contribution in [0.15, 0.2) is 47.1 Å². The van der Waals surface area contributed by atoms with Gasteiger partial charge in [-0.2, -0.15) is 0 Å². The zero-order valence-electron chi connectivity index (χ0n) is 13.0. The number of benzene rings is 1. The smallest absolute Gasteiger partial charge is 0.251 e. The average Bonchev–Trinajstić information content (AvgIpc) is 3.10. The maximum Gasteiger partial charge on any atom is 0.251 e. The number of carbonyl (C=O) groups excluding carboxylic acids is 1. The van der Waals surface area contributed by atoms with Crippen molar-refractivity contribution in [2.75, 3.05) is 19.6 Å². The largest absolute Gasteiger partial charge is 0.468 e. The van der Waals surface area contributed by atoms with E-state index in [9.17, 15) is 4.79 Å². The number of amides is 1. The minimum atomic E-state index is -0.0305. The van der Waals surface area contributed by atoms with Crippen molar-refractivity contribution in [3.63, 3.8) is 0 Å². The first-order chi connectivity index (χ1) is 11.2. The minimum Gasteiger partial charge on any atom is -0.468 e. The van der Waals surface area contributed by atoms with Gasteiger partial charge in [0.15, 0.2) is 0 Å². The molecular formula is C18H21IN2O2. The molecule has 1 fully saturated rings. The fraction of sp³-hybridized carbons (Fsp3) is 0.389. The summed E-state index contributed by atoms with van der Waals surface area (Å²) in [6.07, 6.45) is 5.41. The summed E-state index contributed by atoms with van der Waals surface area (Å²) in [5.74, 6) is 0.895. The highest BCUT2D eigenvalue weighted by atomic mass is 127. The Balaban J connectivity index is 1.67. The van der Waals surface area contributed by atoms with Crippen LogP contribution in [0.3, 0.4) is 0 Å². The van der Waals surface area contributed by atoms with Gasteiger partial charge in [-0.25, -0.2) is 0 Å². The van der Waals surface area contributed by atoms with E-state index in [1.807, 2.05) is 36.4 Å². The summed E-state index contributed by atoms with van der Waals surface area (Å²) in [6.45, 7) is 2.69. The maximum absolute atomic E-state index is 12.4. The molecule has 1 aromatic heterocycles. The van der Waals surface area contributed by atoms with Crippen molar-refractivity contribution in [1.82, 2.24) is 10.2 Å². The molecule has 0 spiro atoms. The van der Waals surface area contributed by atoms with Crippen molar-refractivity contribution in [3.05, 3.63) is 57.6 Å². The molecule has 0 bridgehead atoms. The summed E-state index contributed by atoms with van der Waals surface area (Å²) in [5.41, 5.74) is 0.703. The Bertz CT molecular complexity index is 636. The Morgan fingerprint density at radius 1 is 1.22 bits per heavy atom. The lowest BCUT2D eigenvalue weighted by atomic mass is 10.1. The van der Waals surface area contributed by atoms with Crippen LogP contribution in [0.25, 0.3) is 0 Å². The lowest BCUT2D eigenvalue weighted by Gasteiger charge is -2.33. The van der Waals surface area contributed by atoms with E-state index in [-0.39, 0.29) is 11.9 Å². The van der Waals surface area contributed by atoms with Gasteiger partial charge >= 0.3 is 0 Å². The fourth-order valence-electron chi connectivity index (χ4n) is 3.04. The number of likely N-dealkylation sites (tertiary alicyclic amines) is 1. The van der Waals surface area contributed by atoms with Crippen LogP contribution >= 0.6 is 22.6 Å². The van der Waals surface area contributed by atoms with Gasteiger partial charge in [-0.1, -0.05) is 12.5 Å². The predicted molar refractivity (Wildman–Crippen MR) is 98.4 cm³/mol. The fourth-order valence-corrected chi connectivity index (χ4v) is 3.58. The lowest BCUT2D eigenvalue weighted by Crippen LogP contribution is -2.40. The van der Waals surface area contributed by atoms with E-state index < -0.39 is 0 Å². The van der Waals surface area contributed by atoms with Crippen molar-refractivity contribution in [3.8, 4) is 0 Å². The Labute approximate surface area is 150 Å². The number of nitrogens with zero attached hydrogens (tertiary/aromatic N) is 1. The van der Waals surface area contributed by atoms with E-state index in [1.54, 1.807) is 6.26 Å². The van der Waals surface area contributed by atoms with E-state index in [0.717, 1.165) is 22.4 Å². The second-order valence-corrected chi connectivity index (χ2v) is 7.09. The van der Waals surface area contributed by atoms with Gasteiger partial charge in [0.25, 0.3) is 5.91 Å². The molecule has 5 heteroatoms. The maximum atomic E-state index is 12.4. The lowest BCUT2D eigenvalue weighted by molar-refractivity contribution is 0.0914. The van der Waals surface area contributed by atoms with E-state index in [0.29, 0.717) is 12.1 Å². The molecule has 1 amide bonds. The molecule has 1 atom stereocenters. The molecule has 3 rings (SSSR count). The van der Waals surface area contributed by atoms with Crippen molar-refractivity contribution >= 4 is 28.5 Å². The number of rotatable bonds is 5. The van der Waals surface area contributed by atoms with Crippen LogP contribution in [0.2, 0.25) is 0 Å². The number of piperidine rings is 1. The number of hydrogen-bond acceptors (Lipinski definition) is 3. The molecule has 1 unspecified atom stereocenters. The Kier molecular flexibility index (Phi) is 5.72. The van der Waals surface area contributed by atoms with Crippen LogP contribution in [0.5, 0.6) is 0 Å². The van der Waals surface area contributed by atoms with Gasteiger partial charge in [-0.3, -0.25) is 9.69 Å². The molecule has 0 radical (unpaired) electrons. The second kappa shape index (κ2) is 7.97. The standard InChI is InChI=1S/C18H21IN2O2/c19-15-7-4-6-14(12-15)18(22)20-13-16(17-8-5-11-23-17)21-9-2-1-3-10-21/h4-8,11-12,16H,1-3,9-10,13H2,(H,20,22). The highest BCUT2D eigenvalue weighted by Gasteiger charge is 2.25. The van der Waals surface area contributed by atoms with Gasteiger partial charge in [0.1, 0.15) is 5.76 Å². The molecule has 122 valence electrons. The third kappa shape index (κ3) is 4.35. The first-order valence-electron chi connectivity index (χ1n) is 8.05. The van der Waals surface area contributed by atoms with Crippen molar-refractivity contribution in [2.24, 2.45) is 0 Å². The number of hydrogen-bond donors (Lipinski definition) is 1. The molecule has 0 aliphatic carbocycles. The molecule has 23 heavy (non-hydrogen) atoms. The average molecular weight is 424 g/mol. The van der Waals surface area contributed by atoms with Gasteiger partial charge in [0, 0.05) is 15.7 Å². The van der Waals surface area contributed by atoms with Crippen molar-refractivity contribution in [1.29, 1.82) is 0 Å². The highest BCUT2D eigenvalue weighted by Crippen LogP contribution is 2.24. The number of furan rings is 1. The van der Waals surface area contributed by atoms with E-state index in [2.05, 4.69) is 32.8 Å². The number of carbonyl (C=O) groups is 1. The molecule has 1 aromatic carbocycles. The summed E-state index contributed by atoms with van der Waals surface area (Å²) in [7, 11) is 0. The van der Waals surface area contributed by atoms with Gasteiger partial charge in [-0.05, 0) is 78.9 Å². The molecule has 1 aliphatic rings. The molecular weight excluding hydrogens is 403 g/mol. The van der Waals surface area contributed by atoms with Gasteiger partial charge in [0.2, 0.25) is 0 Å². The van der Waals surface area contributed by atoms with Gasteiger partial charge in [0.05, 0.1) is 12.3 Å².